The molecule has 2 N–H and O–H groups in total. The number of anilines is 1. The van der Waals surface area contributed by atoms with Gasteiger partial charge in [0.1, 0.15) is 0 Å². The number of thiocarbonyl (C=S) groups is 1. The fraction of sp³-hybridized carbons (Fsp3) is 0. The first-order valence-corrected chi connectivity index (χ1v) is 7.99. The number of benzene rings is 2. The minimum atomic E-state index is -0.388. The van der Waals surface area contributed by atoms with E-state index in [1.165, 1.54) is 6.08 Å². The van der Waals surface area contributed by atoms with Gasteiger partial charge in [-0.25, -0.2) is 0 Å². The molecule has 0 unspecified atom stereocenters. The maximum atomic E-state index is 11.9. The Kier molecular flexibility index (Phi) is 6.42. The lowest BCUT2D eigenvalue weighted by molar-refractivity contribution is -0.115. The van der Waals surface area contributed by atoms with Crippen molar-refractivity contribution in [2.24, 2.45) is 0 Å². The van der Waals surface area contributed by atoms with Crippen molar-refractivity contribution in [3.8, 4) is 0 Å². The number of carbonyl (C=O) groups excluding carboxylic acids is 1. The van der Waals surface area contributed by atoms with Crippen LogP contribution < -0.4 is 10.6 Å². The predicted octanol–water partition coefficient (Wildman–Crippen LogP) is 5.17. The highest BCUT2D eigenvalue weighted by Gasteiger charge is 2.04. The summed E-state index contributed by atoms with van der Waals surface area (Å²) in [5, 5.41) is 7.01. The summed E-state index contributed by atoms with van der Waals surface area (Å²) >= 11 is 22.9. The number of hydrogen-bond acceptors (Lipinski definition) is 2. The minimum Gasteiger partial charge on any atom is -0.331 e. The Labute approximate surface area is 154 Å². The van der Waals surface area contributed by atoms with E-state index in [1.807, 2.05) is 0 Å². The maximum absolute atomic E-state index is 11.9. The highest BCUT2D eigenvalue weighted by Crippen LogP contribution is 2.22. The first kappa shape index (κ1) is 17.8. The van der Waals surface area contributed by atoms with Crippen molar-refractivity contribution < 1.29 is 4.79 Å². The van der Waals surface area contributed by atoms with Crippen molar-refractivity contribution in [2.45, 2.75) is 0 Å². The predicted molar refractivity (Wildman–Crippen MR) is 101 cm³/mol. The van der Waals surface area contributed by atoms with Crippen molar-refractivity contribution >= 4 is 69.8 Å². The summed E-state index contributed by atoms with van der Waals surface area (Å²) in [5.74, 6) is -0.388. The summed E-state index contributed by atoms with van der Waals surface area (Å²) in [6.45, 7) is 0. The molecule has 1 amide bonds. The van der Waals surface area contributed by atoms with Crippen molar-refractivity contribution in [1.82, 2.24) is 5.32 Å². The Balaban J connectivity index is 1.95. The van der Waals surface area contributed by atoms with E-state index in [4.69, 9.17) is 47.0 Å². The molecule has 2 rings (SSSR count). The van der Waals surface area contributed by atoms with Gasteiger partial charge in [-0.15, -0.1) is 0 Å². The number of halogens is 3. The molecule has 0 saturated carbocycles. The van der Waals surface area contributed by atoms with Crippen molar-refractivity contribution in [2.75, 3.05) is 5.32 Å². The van der Waals surface area contributed by atoms with Crippen LogP contribution in [0.5, 0.6) is 0 Å². The molecule has 0 aliphatic rings. The molecule has 118 valence electrons. The molecule has 0 spiro atoms. The Hall–Kier alpha value is -1.59. The van der Waals surface area contributed by atoms with Gasteiger partial charge < -0.3 is 5.32 Å². The summed E-state index contributed by atoms with van der Waals surface area (Å²) in [6, 6.07) is 12.1. The normalized spacial score (nSPS) is 10.6. The lowest BCUT2D eigenvalue weighted by Gasteiger charge is -2.09. The van der Waals surface area contributed by atoms with Gasteiger partial charge in [-0.1, -0.05) is 53.0 Å². The topological polar surface area (TPSA) is 41.1 Å². The summed E-state index contributed by atoms with van der Waals surface area (Å²) in [5.41, 5.74) is 1.29. The van der Waals surface area contributed by atoms with Crippen molar-refractivity contribution in [3.63, 3.8) is 0 Å². The standard InChI is InChI=1S/C16H11Cl3N2OS/c17-11-7-5-10(13(19)9-11)6-8-15(22)21-16(23)20-14-4-2-1-3-12(14)18/h1-9H,(H2,20,21,22,23). The summed E-state index contributed by atoms with van der Waals surface area (Å²) in [7, 11) is 0. The Bertz CT molecular complexity index is 778. The van der Waals surface area contributed by atoms with Crippen LogP contribution >= 0.6 is 47.0 Å². The largest absolute Gasteiger partial charge is 0.331 e. The Morgan fingerprint density at radius 3 is 2.48 bits per heavy atom. The molecule has 2 aromatic rings. The molecule has 0 aromatic heterocycles. The van der Waals surface area contributed by atoms with Gasteiger partial charge >= 0.3 is 0 Å². The fourth-order valence-corrected chi connectivity index (χ4v) is 2.54. The van der Waals surface area contributed by atoms with E-state index in [2.05, 4.69) is 10.6 Å². The maximum Gasteiger partial charge on any atom is 0.250 e. The highest BCUT2D eigenvalue weighted by molar-refractivity contribution is 7.80. The van der Waals surface area contributed by atoms with E-state index in [0.717, 1.165) is 0 Å². The number of rotatable bonds is 3. The van der Waals surface area contributed by atoms with Crippen LogP contribution in [0.15, 0.2) is 48.5 Å². The second kappa shape index (κ2) is 8.31. The van der Waals surface area contributed by atoms with E-state index < -0.39 is 0 Å². The third kappa shape index (κ3) is 5.52. The molecule has 0 aliphatic carbocycles. The van der Waals surface area contributed by atoms with Crippen LogP contribution in [0.4, 0.5) is 5.69 Å². The number of para-hydroxylation sites is 1. The van der Waals surface area contributed by atoms with Gasteiger partial charge in [0.2, 0.25) is 5.91 Å². The molecule has 2 aromatic carbocycles. The van der Waals surface area contributed by atoms with Gasteiger partial charge in [0, 0.05) is 16.1 Å². The van der Waals surface area contributed by atoms with E-state index in [-0.39, 0.29) is 11.0 Å². The zero-order valence-corrected chi connectivity index (χ0v) is 14.7. The van der Waals surface area contributed by atoms with Crippen LogP contribution in [-0.4, -0.2) is 11.0 Å². The summed E-state index contributed by atoms with van der Waals surface area (Å²) in [6.07, 6.45) is 2.90. The molecular weight excluding hydrogens is 375 g/mol. The number of hydrogen-bond donors (Lipinski definition) is 2. The van der Waals surface area contributed by atoms with E-state index >= 15 is 0 Å². The van der Waals surface area contributed by atoms with E-state index in [1.54, 1.807) is 48.5 Å². The summed E-state index contributed by atoms with van der Waals surface area (Å²) < 4.78 is 0. The zero-order chi connectivity index (χ0) is 16.8. The lowest BCUT2D eigenvalue weighted by atomic mass is 10.2. The molecule has 0 saturated heterocycles. The van der Waals surface area contributed by atoms with Crippen LogP contribution in [0.1, 0.15) is 5.56 Å². The lowest BCUT2D eigenvalue weighted by Crippen LogP contribution is -2.32. The number of nitrogens with one attached hydrogen (secondary N) is 2. The fourth-order valence-electron chi connectivity index (χ4n) is 1.67. The van der Waals surface area contributed by atoms with Gasteiger partial charge in [0.05, 0.1) is 10.7 Å². The third-order valence-electron chi connectivity index (χ3n) is 2.74. The monoisotopic (exact) mass is 384 g/mol. The summed E-state index contributed by atoms with van der Waals surface area (Å²) in [4.78, 5) is 11.9. The van der Waals surface area contributed by atoms with Gasteiger partial charge in [-0.3, -0.25) is 10.1 Å². The molecular formula is C16H11Cl3N2OS. The van der Waals surface area contributed by atoms with Gasteiger partial charge in [0.15, 0.2) is 5.11 Å². The van der Waals surface area contributed by atoms with E-state index in [9.17, 15) is 4.79 Å². The van der Waals surface area contributed by atoms with E-state index in [0.29, 0.717) is 26.3 Å². The quantitative estimate of drug-likeness (QED) is 0.565. The Morgan fingerprint density at radius 1 is 1.04 bits per heavy atom. The number of amides is 1. The molecule has 0 heterocycles. The molecule has 3 nitrogen and oxygen atoms in total. The smallest absolute Gasteiger partial charge is 0.250 e. The molecule has 0 fully saturated rings. The van der Waals surface area contributed by atoms with Gasteiger partial charge in [0.25, 0.3) is 0 Å². The van der Waals surface area contributed by atoms with Crippen molar-refractivity contribution in [1.29, 1.82) is 0 Å². The molecule has 0 bridgehead atoms. The zero-order valence-electron chi connectivity index (χ0n) is 11.6. The third-order valence-corrected chi connectivity index (χ3v) is 3.83. The van der Waals surface area contributed by atoms with Crippen molar-refractivity contribution in [3.05, 3.63) is 69.2 Å². The first-order valence-electron chi connectivity index (χ1n) is 6.45. The molecule has 23 heavy (non-hydrogen) atoms. The second-order valence-corrected chi connectivity index (χ2v) is 6.08. The van der Waals surface area contributed by atoms with Gasteiger partial charge in [-0.2, -0.15) is 0 Å². The average Bonchev–Trinajstić information content (AvgIpc) is 2.48. The first-order chi connectivity index (χ1) is 11.0. The highest BCUT2D eigenvalue weighted by atomic mass is 35.5. The van der Waals surface area contributed by atoms with Gasteiger partial charge in [-0.05, 0) is 48.1 Å². The van der Waals surface area contributed by atoms with Crippen LogP contribution in [0, 0.1) is 0 Å². The SMILES string of the molecule is O=C(C=Cc1ccc(Cl)cc1Cl)NC(=S)Nc1ccccc1Cl. The molecule has 0 atom stereocenters. The van der Waals surface area contributed by atoms with Crippen LogP contribution in [0.3, 0.4) is 0 Å². The van der Waals surface area contributed by atoms with Crippen LogP contribution in [0.2, 0.25) is 15.1 Å². The minimum absolute atomic E-state index is 0.148. The van der Waals surface area contributed by atoms with Crippen LogP contribution in [-0.2, 0) is 4.79 Å². The molecule has 0 aliphatic heterocycles. The van der Waals surface area contributed by atoms with Crippen LogP contribution in [0.25, 0.3) is 6.08 Å². The number of carbonyl (C=O) groups is 1. The average molecular weight is 386 g/mol. The second-order valence-electron chi connectivity index (χ2n) is 4.42. The Morgan fingerprint density at radius 2 is 1.78 bits per heavy atom. The molecule has 0 radical (unpaired) electrons. The molecule has 7 heteroatoms.